The number of hydrogen-bond donors (Lipinski definition) is 2. The molecule has 0 saturated carbocycles. The maximum Gasteiger partial charge on any atom is 0.407 e. The number of rotatable bonds is 6. The lowest BCUT2D eigenvalue weighted by atomic mass is 10.2. The van der Waals surface area contributed by atoms with Crippen molar-refractivity contribution in [3.63, 3.8) is 0 Å². The van der Waals surface area contributed by atoms with Gasteiger partial charge in [-0.05, 0) is 53.5 Å². The summed E-state index contributed by atoms with van der Waals surface area (Å²) >= 11 is 0. The molecule has 29 heavy (non-hydrogen) atoms. The average molecular weight is 406 g/mol. The van der Waals surface area contributed by atoms with E-state index < -0.39 is 5.60 Å². The number of amides is 1. The molecule has 1 amide bonds. The number of carbonyl (C=O) groups excluding carboxylic acids is 1. The lowest BCUT2D eigenvalue weighted by Crippen LogP contribution is -2.44. The van der Waals surface area contributed by atoms with E-state index in [4.69, 9.17) is 14.5 Å². The van der Waals surface area contributed by atoms with E-state index in [0.29, 0.717) is 19.0 Å². The molecule has 1 fully saturated rings. The topological polar surface area (TPSA) is 88.1 Å². The van der Waals surface area contributed by atoms with Gasteiger partial charge in [-0.1, -0.05) is 6.07 Å². The number of ether oxygens (including phenoxy) is 2. The Hall–Kier alpha value is -2.51. The Bertz CT molecular complexity index is 683. The average Bonchev–Trinajstić information content (AvgIpc) is 3.06. The Kier molecular flexibility index (Phi) is 8.10. The Labute approximate surface area is 174 Å². The van der Waals surface area contributed by atoms with Crippen LogP contribution in [-0.4, -0.2) is 59.3 Å². The summed E-state index contributed by atoms with van der Waals surface area (Å²) in [6.07, 6.45) is 2.37. The first kappa shape index (κ1) is 22.8. The third-order valence-corrected chi connectivity index (χ3v) is 4.11. The van der Waals surface area contributed by atoms with Crippen LogP contribution in [0.3, 0.4) is 0 Å². The second-order valence-electron chi connectivity index (χ2n) is 8.42. The SMILES string of the molecule is CCNC(=NCc1ccc(OC(C)C)nc1)N1CCC(NC(=O)OC(C)(C)C)C1. The first-order valence-electron chi connectivity index (χ1n) is 10.3. The Morgan fingerprint density at radius 3 is 2.72 bits per heavy atom. The molecule has 2 heterocycles. The van der Waals surface area contributed by atoms with Gasteiger partial charge in [0.15, 0.2) is 5.96 Å². The fourth-order valence-electron chi connectivity index (χ4n) is 2.95. The number of guanidine groups is 1. The number of nitrogens with one attached hydrogen (secondary N) is 2. The number of carbonyl (C=O) groups is 1. The van der Waals surface area contributed by atoms with Crippen LogP contribution in [0.1, 0.15) is 53.5 Å². The van der Waals surface area contributed by atoms with Crippen LogP contribution in [0, 0.1) is 0 Å². The van der Waals surface area contributed by atoms with Crippen molar-refractivity contribution in [2.45, 2.75) is 72.3 Å². The molecular weight excluding hydrogens is 370 g/mol. The molecule has 1 saturated heterocycles. The lowest BCUT2D eigenvalue weighted by molar-refractivity contribution is 0.0507. The third kappa shape index (κ3) is 8.17. The maximum absolute atomic E-state index is 12.0. The van der Waals surface area contributed by atoms with Crippen molar-refractivity contribution in [2.24, 2.45) is 4.99 Å². The van der Waals surface area contributed by atoms with Gasteiger partial charge in [-0.2, -0.15) is 0 Å². The van der Waals surface area contributed by atoms with Crippen molar-refractivity contribution >= 4 is 12.1 Å². The van der Waals surface area contributed by atoms with Gasteiger partial charge in [0.25, 0.3) is 0 Å². The van der Waals surface area contributed by atoms with E-state index in [2.05, 4.69) is 20.5 Å². The second kappa shape index (κ2) is 10.3. The molecule has 162 valence electrons. The second-order valence-corrected chi connectivity index (χ2v) is 8.42. The van der Waals surface area contributed by atoms with Crippen LogP contribution >= 0.6 is 0 Å². The zero-order chi connectivity index (χ0) is 21.4. The van der Waals surface area contributed by atoms with Crippen LogP contribution in [0.2, 0.25) is 0 Å². The molecule has 2 N–H and O–H groups in total. The van der Waals surface area contributed by atoms with E-state index in [0.717, 1.165) is 31.0 Å². The van der Waals surface area contributed by atoms with Crippen molar-refractivity contribution < 1.29 is 14.3 Å². The molecule has 8 heteroatoms. The number of hydrogen-bond acceptors (Lipinski definition) is 5. The summed E-state index contributed by atoms with van der Waals surface area (Å²) in [5.74, 6) is 1.46. The number of nitrogens with zero attached hydrogens (tertiary/aromatic N) is 3. The lowest BCUT2D eigenvalue weighted by Gasteiger charge is -2.23. The Morgan fingerprint density at radius 1 is 1.38 bits per heavy atom. The van der Waals surface area contributed by atoms with Gasteiger partial charge in [0, 0.05) is 31.9 Å². The van der Waals surface area contributed by atoms with E-state index in [1.807, 2.05) is 53.7 Å². The molecule has 0 bridgehead atoms. The molecule has 1 aromatic heterocycles. The summed E-state index contributed by atoms with van der Waals surface area (Å²) in [7, 11) is 0. The van der Waals surface area contributed by atoms with E-state index in [9.17, 15) is 4.79 Å². The van der Waals surface area contributed by atoms with Crippen molar-refractivity contribution in [3.05, 3.63) is 23.9 Å². The molecule has 0 aromatic carbocycles. The molecule has 8 nitrogen and oxygen atoms in total. The van der Waals surface area contributed by atoms with Gasteiger partial charge in [-0.25, -0.2) is 14.8 Å². The van der Waals surface area contributed by atoms with Gasteiger partial charge in [-0.3, -0.25) is 0 Å². The van der Waals surface area contributed by atoms with Gasteiger partial charge in [0.2, 0.25) is 5.88 Å². The molecule has 1 aromatic rings. The van der Waals surface area contributed by atoms with Crippen LogP contribution in [0.25, 0.3) is 0 Å². The predicted octanol–water partition coefficient (Wildman–Crippen LogP) is 2.93. The van der Waals surface area contributed by atoms with Crippen molar-refractivity contribution in [2.75, 3.05) is 19.6 Å². The van der Waals surface area contributed by atoms with Gasteiger partial charge in [0.1, 0.15) is 5.60 Å². The molecule has 1 aliphatic rings. The molecule has 1 aliphatic heterocycles. The first-order valence-corrected chi connectivity index (χ1v) is 10.3. The maximum atomic E-state index is 12.0. The normalized spacial score (nSPS) is 17.4. The monoisotopic (exact) mass is 405 g/mol. The number of aliphatic imine (C=N–C) groups is 1. The zero-order valence-corrected chi connectivity index (χ0v) is 18.5. The van der Waals surface area contributed by atoms with Gasteiger partial charge < -0.3 is 25.0 Å². The summed E-state index contributed by atoms with van der Waals surface area (Å²) in [5.41, 5.74) is 0.516. The molecule has 2 rings (SSSR count). The molecular formula is C21H35N5O3. The number of pyridine rings is 1. The fraction of sp³-hybridized carbons (Fsp3) is 0.667. The Balaban J connectivity index is 1.92. The third-order valence-electron chi connectivity index (χ3n) is 4.11. The summed E-state index contributed by atoms with van der Waals surface area (Å²) in [6.45, 7) is 14.4. The van der Waals surface area contributed by atoms with Gasteiger partial charge >= 0.3 is 6.09 Å². The number of likely N-dealkylation sites (tertiary alicyclic amines) is 1. The van der Waals surface area contributed by atoms with Crippen molar-refractivity contribution in [3.8, 4) is 5.88 Å². The minimum absolute atomic E-state index is 0.0443. The quantitative estimate of drug-likeness (QED) is 0.559. The van der Waals surface area contributed by atoms with E-state index in [1.54, 1.807) is 6.20 Å². The highest BCUT2D eigenvalue weighted by molar-refractivity contribution is 5.80. The summed E-state index contributed by atoms with van der Waals surface area (Å²) in [5, 5.41) is 6.28. The highest BCUT2D eigenvalue weighted by Gasteiger charge is 2.27. The smallest absolute Gasteiger partial charge is 0.407 e. The largest absolute Gasteiger partial charge is 0.475 e. The van der Waals surface area contributed by atoms with Crippen molar-refractivity contribution in [1.29, 1.82) is 0 Å². The summed E-state index contributed by atoms with van der Waals surface area (Å²) < 4.78 is 10.9. The van der Waals surface area contributed by atoms with Gasteiger partial charge in [-0.15, -0.1) is 0 Å². The molecule has 1 unspecified atom stereocenters. The van der Waals surface area contributed by atoms with Crippen LogP contribution < -0.4 is 15.4 Å². The molecule has 0 aliphatic carbocycles. The van der Waals surface area contributed by atoms with Crippen LogP contribution in [0.15, 0.2) is 23.3 Å². The van der Waals surface area contributed by atoms with Crippen LogP contribution in [0.4, 0.5) is 4.79 Å². The minimum Gasteiger partial charge on any atom is -0.475 e. The predicted molar refractivity (Wildman–Crippen MR) is 114 cm³/mol. The molecule has 0 radical (unpaired) electrons. The number of alkyl carbamates (subject to hydrolysis) is 1. The molecule has 0 spiro atoms. The highest BCUT2D eigenvalue weighted by Crippen LogP contribution is 2.14. The van der Waals surface area contributed by atoms with Crippen LogP contribution in [0.5, 0.6) is 5.88 Å². The number of aromatic nitrogens is 1. The van der Waals surface area contributed by atoms with Crippen LogP contribution in [-0.2, 0) is 11.3 Å². The van der Waals surface area contributed by atoms with Gasteiger partial charge in [0.05, 0.1) is 18.7 Å². The first-order chi connectivity index (χ1) is 13.7. The Morgan fingerprint density at radius 2 is 2.14 bits per heavy atom. The van der Waals surface area contributed by atoms with E-state index >= 15 is 0 Å². The zero-order valence-electron chi connectivity index (χ0n) is 18.5. The molecule has 1 atom stereocenters. The van der Waals surface area contributed by atoms with Crippen molar-refractivity contribution in [1.82, 2.24) is 20.5 Å². The summed E-state index contributed by atoms with van der Waals surface area (Å²) in [4.78, 5) is 23.2. The fourth-order valence-corrected chi connectivity index (χ4v) is 2.95. The van der Waals surface area contributed by atoms with E-state index in [-0.39, 0.29) is 18.2 Å². The van der Waals surface area contributed by atoms with E-state index in [1.165, 1.54) is 0 Å². The minimum atomic E-state index is -0.497. The standard InChI is InChI=1S/C21H35N5O3/c1-7-22-19(24-13-16-8-9-18(23-12-16)28-15(2)3)26-11-10-17(14-26)25-20(27)29-21(4,5)6/h8-9,12,15,17H,7,10-11,13-14H2,1-6H3,(H,22,24)(H,25,27). The summed E-state index contributed by atoms with van der Waals surface area (Å²) in [6, 6.07) is 3.89. The highest BCUT2D eigenvalue weighted by atomic mass is 16.6.